The molecule has 0 unspecified atom stereocenters. The van der Waals surface area contributed by atoms with Crippen LogP contribution in [0.15, 0.2) is 23.3 Å². The first-order valence-corrected chi connectivity index (χ1v) is 6.16. The van der Waals surface area contributed by atoms with Gasteiger partial charge in [0.15, 0.2) is 0 Å². The lowest BCUT2D eigenvalue weighted by atomic mass is 10.1. The van der Waals surface area contributed by atoms with Crippen molar-refractivity contribution in [2.45, 2.75) is 46.5 Å². The second kappa shape index (κ2) is 6.51. The molecular formula is C14H23NO. The van der Waals surface area contributed by atoms with E-state index in [2.05, 4.69) is 38.2 Å². The number of amides is 1. The van der Waals surface area contributed by atoms with E-state index in [0.29, 0.717) is 12.5 Å². The molecule has 0 spiro atoms. The van der Waals surface area contributed by atoms with Gasteiger partial charge in [-0.05, 0) is 46.5 Å². The second-order valence-corrected chi connectivity index (χ2v) is 4.89. The molecule has 1 rings (SSSR count). The van der Waals surface area contributed by atoms with Crippen molar-refractivity contribution in [2.24, 2.45) is 5.92 Å². The fourth-order valence-electron chi connectivity index (χ4n) is 1.51. The lowest BCUT2D eigenvalue weighted by molar-refractivity contribution is -0.122. The molecule has 1 saturated carbocycles. The summed E-state index contributed by atoms with van der Waals surface area (Å²) >= 11 is 0. The Balaban J connectivity index is 2.12. The Morgan fingerprint density at radius 3 is 2.50 bits per heavy atom. The van der Waals surface area contributed by atoms with Gasteiger partial charge in [-0.3, -0.25) is 4.79 Å². The Morgan fingerprint density at radius 2 is 1.94 bits per heavy atom. The van der Waals surface area contributed by atoms with Gasteiger partial charge >= 0.3 is 0 Å². The molecule has 16 heavy (non-hydrogen) atoms. The standard InChI is InChI=1S/C14H23NO/c1-11(2)5-4-6-12(3)9-10-15-14(16)13-7-8-13/h5,9,13H,4,6-8,10H2,1-3H3,(H,15,16). The van der Waals surface area contributed by atoms with Crippen LogP contribution >= 0.6 is 0 Å². The highest BCUT2D eigenvalue weighted by Crippen LogP contribution is 2.28. The molecule has 0 heterocycles. The summed E-state index contributed by atoms with van der Waals surface area (Å²) in [5.41, 5.74) is 2.73. The van der Waals surface area contributed by atoms with Crippen LogP contribution in [0.1, 0.15) is 46.5 Å². The Hall–Kier alpha value is -1.05. The Morgan fingerprint density at radius 1 is 1.25 bits per heavy atom. The Labute approximate surface area is 98.8 Å². The van der Waals surface area contributed by atoms with Crippen LogP contribution < -0.4 is 5.32 Å². The van der Waals surface area contributed by atoms with Crippen molar-refractivity contribution in [3.8, 4) is 0 Å². The van der Waals surface area contributed by atoms with Crippen molar-refractivity contribution in [3.05, 3.63) is 23.3 Å². The number of hydrogen-bond acceptors (Lipinski definition) is 1. The SMILES string of the molecule is CC(C)=CCCC(C)=CCNC(=O)C1CC1. The predicted molar refractivity (Wildman–Crippen MR) is 68.2 cm³/mol. The summed E-state index contributed by atoms with van der Waals surface area (Å²) in [6.07, 6.45) is 8.72. The molecule has 0 aromatic heterocycles. The molecule has 90 valence electrons. The molecule has 0 atom stereocenters. The van der Waals surface area contributed by atoms with E-state index in [4.69, 9.17) is 0 Å². The van der Waals surface area contributed by atoms with E-state index in [1.165, 1.54) is 11.1 Å². The molecular weight excluding hydrogens is 198 g/mol. The largest absolute Gasteiger partial charge is 0.352 e. The van der Waals surface area contributed by atoms with Crippen LogP contribution in [0.5, 0.6) is 0 Å². The first kappa shape index (κ1) is 13.0. The number of nitrogens with one attached hydrogen (secondary N) is 1. The van der Waals surface area contributed by atoms with E-state index in [1.807, 2.05) is 0 Å². The van der Waals surface area contributed by atoms with E-state index in [-0.39, 0.29) is 5.91 Å². The van der Waals surface area contributed by atoms with Gasteiger partial charge in [0.25, 0.3) is 0 Å². The second-order valence-electron chi connectivity index (χ2n) is 4.89. The lowest BCUT2D eigenvalue weighted by Crippen LogP contribution is -2.24. The van der Waals surface area contributed by atoms with Crippen LogP contribution in [0.3, 0.4) is 0 Å². The highest BCUT2D eigenvalue weighted by molar-refractivity contribution is 5.80. The molecule has 0 radical (unpaired) electrons. The minimum absolute atomic E-state index is 0.230. The third-order valence-electron chi connectivity index (χ3n) is 2.77. The highest BCUT2D eigenvalue weighted by Gasteiger charge is 2.28. The van der Waals surface area contributed by atoms with Crippen molar-refractivity contribution < 1.29 is 4.79 Å². The molecule has 1 aliphatic carbocycles. The van der Waals surface area contributed by atoms with Crippen LogP contribution in [0.25, 0.3) is 0 Å². The van der Waals surface area contributed by atoms with Gasteiger partial charge in [-0.2, -0.15) is 0 Å². The Kier molecular flexibility index (Phi) is 5.30. The minimum atomic E-state index is 0.230. The van der Waals surface area contributed by atoms with Crippen LogP contribution in [-0.4, -0.2) is 12.5 Å². The van der Waals surface area contributed by atoms with Gasteiger partial charge in [0, 0.05) is 12.5 Å². The van der Waals surface area contributed by atoms with Crippen molar-refractivity contribution in [3.63, 3.8) is 0 Å². The Bertz CT molecular complexity index is 294. The van der Waals surface area contributed by atoms with Gasteiger partial charge in [-0.25, -0.2) is 0 Å². The molecule has 2 nitrogen and oxygen atoms in total. The predicted octanol–water partition coefficient (Wildman–Crippen LogP) is 3.21. The fraction of sp³-hybridized carbons (Fsp3) is 0.643. The first-order chi connectivity index (χ1) is 7.59. The monoisotopic (exact) mass is 221 g/mol. The molecule has 1 amide bonds. The number of allylic oxidation sites excluding steroid dienone is 3. The molecule has 0 aromatic rings. The lowest BCUT2D eigenvalue weighted by Gasteiger charge is -2.02. The molecule has 0 bridgehead atoms. The average molecular weight is 221 g/mol. The van der Waals surface area contributed by atoms with E-state index in [9.17, 15) is 4.79 Å². The average Bonchev–Trinajstić information content (AvgIpc) is 2.99. The molecule has 1 aliphatic rings. The molecule has 1 fully saturated rings. The molecule has 0 saturated heterocycles. The van der Waals surface area contributed by atoms with E-state index >= 15 is 0 Å². The van der Waals surface area contributed by atoms with Gasteiger partial charge in [0.05, 0.1) is 0 Å². The zero-order valence-corrected chi connectivity index (χ0v) is 10.7. The molecule has 0 aliphatic heterocycles. The summed E-state index contributed by atoms with van der Waals surface area (Å²) in [6.45, 7) is 7.06. The van der Waals surface area contributed by atoms with Crippen LogP contribution in [-0.2, 0) is 4.79 Å². The number of rotatable bonds is 6. The van der Waals surface area contributed by atoms with E-state index in [1.54, 1.807) is 0 Å². The normalized spacial score (nSPS) is 15.8. The minimum Gasteiger partial charge on any atom is -0.352 e. The van der Waals surface area contributed by atoms with Crippen LogP contribution in [0, 0.1) is 5.92 Å². The molecule has 2 heteroatoms. The van der Waals surface area contributed by atoms with Crippen LogP contribution in [0.4, 0.5) is 0 Å². The topological polar surface area (TPSA) is 29.1 Å². The number of carbonyl (C=O) groups is 1. The zero-order chi connectivity index (χ0) is 12.0. The van der Waals surface area contributed by atoms with Gasteiger partial charge < -0.3 is 5.32 Å². The summed E-state index contributed by atoms with van der Waals surface area (Å²) in [5, 5.41) is 2.94. The summed E-state index contributed by atoms with van der Waals surface area (Å²) < 4.78 is 0. The zero-order valence-electron chi connectivity index (χ0n) is 10.7. The third-order valence-corrected chi connectivity index (χ3v) is 2.77. The van der Waals surface area contributed by atoms with Crippen molar-refractivity contribution in [1.82, 2.24) is 5.32 Å². The highest BCUT2D eigenvalue weighted by atomic mass is 16.2. The number of hydrogen-bond donors (Lipinski definition) is 1. The summed E-state index contributed by atoms with van der Waals surface area (Å²) in [7, 11) is 0. The molecule has 0 aromatic carbocycles. The first-order valence-electron chi connectivity index (χ1n) is 6.16. The van der Waals surface area contributed by atoms with Gasteiger partial charge in [-0.1, -0.05) is 23.3 Å². The van der Waals surface area contributed by atoms with Crippen molar-refractivity contribution >= 4 is 5.91 Å². The maximum atomic E-state index is 11.3. The molecule has 1 N–H and O–H groups in total. The quantitative estimate of drug-likeness (QED) is 0.686. The van der Waals surface area contributed by atoms with Crippen LogP contribution in [0.2, 0.25) is 0 Å². The third kappa shape index (κ3) is 5.74. The van der Waals surface area contributed by atoms with Crippen molar-refractivity contribution in [2.75, 3.05) is 6.54 Å². The smallest absolute Gasteiger partial charge is 0.223 e. The maximum absolute atomic E-state index is 11.3. The summed E-state index contributed by atoms with van der Waals surface area (Å²) in [6, 6.07) is 0. The number of carbonyl (C=O) groups excluding carboxylic acids is 1. The summed E-state index contributed by atoms with van der Waals surface area (Å²) in [4.78, 5) is 11.3. The van der Waals surface area contributed by atoms with Gasteiger partial charge in [-0.15, -0.1) is 0 Å². The summed E-state index contributed by atoms with van der Waals surface area (Å²) in [5.74, 6) is 0.549. The van der Waals surface area contributed by atoms with Gasteiger partial charge in [0.2, 0.25) is 5.91 Å². The fourth-order valence-corrected chi connectivity index (χ4v) is 1.51. The maximum Gasteiger partial charge on any atom is 0.223 e. The van der Waals surface area contributed by atoms with E-state index < -0.39 is 0 Å². The van der Waals surface area contributed by atoms with Crippen molar-refractivity contribution in [1.29, 1.82) is 0 Å². The van der Waals surface area contributed by atoms with E-state index in [0.717, 1.165) is 25.7 Å². The van der Waals surface area contributed by atoms with Gasteiger partial charge in [0.1, 0.15) is 0 Å².